The predicted molar refractivity (Wildman–Crippen MR) is 76.4 cm³/mol. The lowest BCUT2D eigenvalue weighted by Gasteiger charge is -2.11. The molecular formula is C15H17N3O. The topological polar surface area (TPSA) is 70.9 Å². The molecule has 0 radical (unpaired) electrons. The number of H-pyrrole nitrogens is 1. The van der Waals surface area contributed by atoms with Crippen LogP contribution in [0.1, 0.15) is 12.0 Å². The van der Waals surface area contributed by atoms with Crippen LogP contribution in [0.2, 0.25) is 0 Å². The summed E-state index contributed by atoms with van der Waals surface area (Å²) < 4.78 is 0. The molecule has 4 heteroatoms. The van der Waals surface area contributed by atoms with Crippen molar-refractivity contribution in [2.75, 3.05) is 6.54 Å². The van der Waals surface area contributed by atoms with Gasteiger partial charge in [-0.15, -0.1) is 12.3 Å². The van der Waals surface area contributed by atoms with Crippen LogP contribution in [-0.2, 0) is 11.2 Å². The average Bonchev–Trinajstić information content (AvgIpc) is 2.82. The van der Waals surface area contributed by atoms with Gasteiger partial charge in [-0.2, -0.15) is 0 Å². The second-order valence-corrected chi connectivity index (χ2v) is 4.42. The Labute approximate surface area is 112 Å². The fourth-order valence-corrected chi connectivity index (χ4v) is 2.02. The van der Waals surface area contributed by atoms with Crippen molar-refractivity contribution in [3.63, 3.8) is 0 Å². The summed E-state index contributed by atoms with van der Waals surface area (Å²) >= 11 is 0. The minimum absolute atomic E-state index is 0.166. The van der Waals surface area contributed by atoms with E-state index in [4.69, 9.17) is 12.2 Å². The lowest BCUT2D eigenvalue weighted by molar-refractivity contribution is -0.122. The molecule has 1 aromatic heterocycles. The number of terminal acetylenes is 1. The summed E-state index contributed by atoms with van der Waals surface area (Å²) in [5.74, 6) is 2.31. The van der Waals surface area contributed by atoms with Crippen molar-refractivity contribution in [2.24, 2.45) is 5.73 Å². The monoisotopic (exact) mass is 255 g/mol. The van der Waals surface area contributed by atoms with E-state index in [1.807, 2.05) is 30.5 Å². The van der Waals surface area contributed by atoms with E-state index in [1.165, 1.54) is 0 Å². The number of amides is 1. The third kappa shape index (κ3) is 3.15. The standard InChI is InChI=1S/C15H17N3O/c1-2-3-8-17-15(19)13(16)9-11-10-18-14-7-5-4-6-12(11)14/h1,4-7,10,13,18H,3,8-9,16H2,(H,17,19)/t13-/m1/s1. The van der Waals surface area contributed by atoms with Gasteiger partial charge < -0.3 is 16.0 Å². The van der Waals surface area contributed by atoms with Gasteiger partial charge in [-0.3, -0.25) is 4.79 Å². The molecule has 0 aliphatic heterocycles. The lowest BCUT2D eigenvalue weighted by Crippen LogP contribution is -2.42. The van der Waals surface area contributed by atoms with Gasteiger partial charge in [0.25, 0.3) is 0 Å². The average molecular weight is 255 g/mol. The fraction of sp³-hybridized carbons (Fsp3) is 0.267. The van der Waals surface area contributed by atoms with E-state index in [0.717, 1.165) is 16.5 Å². The number of benzene rings is 1. The molecule has 1 heterocycles. The van der Waals surface area contributed by atoms with Crippen LogP contribution in [0.4, 0.5) is 0 Å². The Morgan fingerprint density at radius 2 is 2.26 bits per heavy atom. The molecule has 1 aromatic carbocycles. The third-order valence-corrected chi connectivity index (χ3v) is 3.02. The molecular weight excluding hydrogens is 238 g/mol. The van der Waals surface area contributed by atoms with Crippen molar-refractivity contribution in [3.05, 3.63) is 36.0 Å². The van der Waals surface area contributed by atoms with Crippen LogP contribution in [0.5, 0.6) is 0 Å². The number of nitrogens with one attached hydrogen (secondary N) is 2. The van der Waals surface area contributed by atoms with Gasteiger partial charge in [-0.25, -0.2) is 0 Å². The molecule has 19 heavy (non-hydrogen) atoms. The Morgan fingerprint density at radius 1 is 1.47 bits per heavy atom. The lowest BCUT2D eigenvalue weighted by atomic mass is 10.1. The molecule has 2 rings (SSSR count). The van der Waals surface area contributed by atoms with Crippen molar-refractivity contribution in [1.29, 1.82) is 0 Å². The number of fused-ring (bicyclic) bond motifs is 1. The summed E-state index contributed by atoms with van der Waals surface area (Å²) in [6, 6.07) is 7.39. The molecule has 0 saturated heterocycles. The van der Waals surface area contributed by atoms with Gasteiger partial charge in [0.1, 0.15) is 0 Å². The second-order valence-electron chi connectivity index (χ2n) is 4.42. The van der Waals surface area contributed by atoms with Crippen LogP contribution in [0.25, 0.3) is 10.9 Å². The molecule has 98 valence electrons. The van der Waals surface area contributed by atoms with Crippen LogP contribution in [0, 0.1) is 12.3 Å². The SMILES string of the molecule is C#CCCNC(=O)[C@H](N)Cc1c[nH]c2ccccc12. The Morgan fingerprint density at radius 3 is 3.05 bits per heavy atom. The minimum atomic E-state index is -0.558. The summed E-state index contributed by atoms with van der Waals surface area (Å²) in [5, 5.41) is 3.83. The van der Waals surface area contributed by atoms with Gasteiger partial charge >= 0.3 is 0 Å². The first kappa shape index (κ1) is 13.2. The molecule has 4 nitrogen and oxygen atoms in total. The largest absolute Gasteiger partial charge is 0.361 e. The summed E-state index contributed by atoms with van der Waals surface area (Å²) in [6.07, 6.45) is 8.05. The van der Waals surface area contributed by atoms with Gasteiger partial charge in [-0.05, 0) is 18.1 Å². The third-order valence-electron chi connectivity index (χ3n) is 3.02. The molecule has 0 aliphatic rings. The van der Waals surface area contributed by atoms with Crippen molar-refractivity contribution in [3.8, 4) is 12.3 Å². The van der Waals surface area contributed by atoms with Crippen molar-refractivity contribution >= 4 is 16.8 Å². The number of carbonyl (C=O) groups excluding carboxylic acids is 1. The predicted octanol–water partition coefficient (Wildman–Crippen LogP) is 1.18. The Hall–Kier alpha value is -2.25. The van der Waals surface area contributed by atoms with Crippen LogP contribution < -0.4 is 11.1 Å². The molecule has 0 bridgehead atoms. The summed E-state index contributed by atoms with van der Waals surface area (Å²) in [6.45, 7) is 0.469. The van der Waals surface area contributed by atoms with E-state index in [9.17, 15) is 4.79 Å². The first-order valence-corrected chi connectivity index (χ1v) is 6.24. The number of nitrogens with two attached hydrogens (primary N) is 1. The van der Waals surface area contributed by atoms with E-state index >= 15 is 0 Å². The number of rotatable bonds is 5. The number of aromatic nitrogens is 1. The molecule has 1 atom stereocenters. The fourth-order valence-electron chi connectivity index (χ4n) is 2.02. The first-order valence-electron chi connectivity index (χ1n) is 6.24. The van der Waals surface area contributed by atoms with Crippen molar-refractivity contribution < 1.29 is 4.79 Å². The number of aromatic amines is 1. The van der Waals surface area contributed by atoms with Crippen LogP contribution in [0.15, 0.2) is 30.5 Å². The zero-order valence-corrected chi connectivity index (χ0v) is 10.6. The Balaban J connectivity index is 2.00. The minimum Gasteiger partial charge on any atom is -0.361 e. The highest BCUT2D eigenvalue weighted by Crippen LogP contribution is 2.18. The molecule has 0 unspecified atom stereocenters. The molecule has 0 fully saturated rings. The highest BCUT2D eigenvalue weighted by atomic mass is 16.2. The molecule has 1 amide bonds. The van der Waals surface area contributed by atoms with Crippen LogP contribution in [0.3, 0.4) is 0 Å². The van der Waals surface area contributed by atoms with Crippen LogP contribution >= 0.6 is 0 Å². The summed E-state index contributed by atoms with van der Waals surface area (Å²) in [5.41, 5.74) is 8.01. The maximum absolute atomic E-state index is 11.8. The zero-order chi connectivity index (χ0) is 13.7. The summed E-state index contributed by atoms with van der Waals surface area (Å²) in [4.78, 5) is 14.9. The van der Waals surface area contributed by atoms with Gasteiger partial charge in [0.15, 0.2) is 0 Å². The van der Waals surface area contributed by atoms with Gasteiger partial charge in [0.05, 0.1) is 6.04 Å². The number of hydrogen-bond donors (Lipinski definition) is 3. The van der Waals surface area contributed by atoms with Crippen molar-refractivity contribution in [1.82, 2.24) is 10.3 Å². The normalized spacial score (nSPS) is 12.0. The summed E-state index contributed by atoms with van der Waals surface area (Å²) in [7, 11) is 0. The second kappa shape index (κ2) is 6.07. The molecule has 0 saturated carbocycles. The Kier molecular flexibility index (Phi) is 4.22. The van der Waals surface area contributed by atoms with Gasteiger partial charge in [0, 0.05) is 30.1 Å². The highest BCUT2D eigenvalue weighted by molar-refractivity contribution is 5.86. The van der Waals surface area contributed by atoms with Gasteiger partial charge in [0.2, 0.25) is 5.91 Å². The number of carbonyl (C=O) groups is 1. The smallest absolute Gasteiger partial charge is 0.237 e. The quantitative estimate of drug-likeness (QED) is 0.554. The maximum Gasteiger partial charge on any atom is 0.237 e. The molecule has 0 aliphatic carbocycles. The number of hydrogen-bond acceptors (Lipinski definition) is 2. The zero-order valence-electron chi connectivity index (χ0n) is 10.6. The van der Waals surface area contributed by atoms with Crippen LogP contribution in [-0.4, -0.2) is 23.5 Å². The Bertz CT molecular complexity index is 609. The van der Waals surface area contributed by atoms with E-state index in [1.54, 1.807) is 0 Å². The van der Waals surface area contributed by atoms with Crippen molar-refractivity contribution in [2.45, 2.75) is 18.9 Å². The number of para-hydroxylation sites is 1. The highest BCUT2D eigenvalue weighted by Gasteiger charge is 2.15. The van der Waals surface area contributed by atoms with E-state index in [-0.39, 0.29) is 5.91 Å². The van der Waals surface area contributed by atoms with E-state index in [0.29, 0.717) is 19.4 Å². The first-order chi connectivity index (χ1) is 9.22. The van der Waals surface area contributed by atoms with E-state index < -0.39 is 6.04 Å². The molecule has 4 N–H and O–H groups in total. The van der Waals surface area contributed by atoms with E-state index in [2.05, 4.69) is 16.2 Å². The maximum atomic E-state index is 11.8. The molecule has 0 spiro atoms. The molecule has 2 aromatic rings. The van der Waals surface area contributed by atoms with Gasteiger partial charge in [-0.1, -0.05) is 18.2 Å².